The van der Waals surface area contributed by atoms with E-state index in [1.807, 2.05) is 66.9 Å². The Balaban J connectivity index is 1.32. The number of fused-ring (bicyclic) bond motifs is 1. The van der Waals surface area contributed by atoms with E-state index in [1.165, 1.54) is 0 Å². The van der Waals surface area contributed by atoms with Crippen molar-refractivity contribution in [1.82, 2.24) is 15.0 Å². The molecule has 35 heavy (non-hydrogen) atoms. The minimum atomic E-state index is -0.0154. The summed E-state index contributed by atoms with van der Waals surface area (Å²) in [5.41, 5.74) is 2.26. The summed E-state index contributed by atoms with van der Waals surface area (Å²) in [5, 5.41) is 3.38. The summed E-state index contributed by atoms with van der Waals surface area (Å²) in [6.45, 7) is 3.20. The average molecular weight is 467 g/mol. The minimum Gasteiger partial charge on any atom is -0.469 e. The van der Waals surface area contributed by atoms with Crippen molar-refractivity contribution in [3.63, 3.8) is 0 Å². The molecule has 1 unspecified atom stereocenters. The second-order valence-corrected chi connectivity index (χ2v) is 8.89. The van der Waals surface area contributed by atoms with Crippen molar-refractivity contribution >= 4 is 29.1 Å². The first-order valence-electron chi connectivity index (χ1n) is 11.9. The number of benzene rings is 1. The number of carbonyl (C=O) groups excluding carboxylic acids is 1. The maximum absolute atomic E-state index is 13.3. The van der Waals surface area contributed by atoms with Crippen molar-refractivity contribution in [2.75, 3.05) is 41.3 Å². The minimum absolute atomic E-state index is 0.0154. The molecule has 1 fully saturated rings. The van der Waals surface area contributed by atoms with Crippen LogP contribution in [0.2, 0.25) is 0 Å². The number of hydrogen-bond acceptors (Lipinski definition) is 8. The highest BCUT2D eigenvalue weighted by Gasteiger charge is 2.33. The number of para-hydroxylation sites is 1. The fraction of sp³-hybridized carbons (Fsp3) is 0.259. The lowest BCUT2D eigenvalue weighted by Crippen LogP contribution is -2.47. The molecular formula is C27H26N6O2. The van der Waals surface area contributed by atoms with Crippen LogP contribution in [0.15, 0.2) is 77.5 Å². The molecule has 3 aromatic heterocycles. The van der Waals surface area contributed by atoms with E-state index in [2.05, 4.69) is 20.1 Å². The SMILES string of the molecule is O=C1CC(c2ccco2)Cc2nc(N3CCN(c4ccccn4)CC3)nc(Nc3ccccc3)c21. The van der Waals surface area contributed by atoms with Crippen LogP contribution in [0.5, 0.6) is 0 Å². The zero-order chi connectivity index (χ0) is 23.6. The lowest BCUT2D eigenvalue weighted by Gasteiger charge is -2.36. The highest BCUT2D eigenvalue weighted by molar-refractivity contribution is 6.03. The molecule has 8 heteroatoms. The van der Waals surface area contributed by atoms with Crippen LogP contribution in [0.25, 0.3) is 0 Å². The number of Topliss-reactive ketones (excluding diaryl/α,β-unsaturated/α-hetero) is 1. The molecule has 0 saturated carbocycles. The summed E-state index contributed by atoms with van der Waals surface area (Å²) < 4.78 is 5.63. The van der Waals surface area contributed by atoms with Gasteiger partial charge in [-0.3, -0.25) is 4.79 Å². The van der Waals surface area contributed by atoms with E-state index < -0.39 is 0 Å². The third-order valence-electron chi connectivity index (χ3n) is 6.64. The van der Waals surface area contributed by atoms with Gasteiger partial charge in [-0.25, -0.2) is 9.97 Å². The van der Waals surface area contributed by atoms with Gasteiger partial charge in [0, 0.05) is 56.8 Å². The first kappa shape index (κ1) is 21.3. The lowest BCUT2D eigenvalue weighted by atomic mass is 9.84. The van der Waals surface area contributed by atoms with Gasteiger partial charge in [0.2, 0.25) is 5.95 Å². The number of hydrogen-bond donors (Lipinski definition) is 1. The van der Waals surface area contributed by atoms with E-state index in [-0.39, 0.29) is 11.7 Å². The molecule has 0 spiro atoms. The van der Waals surface area contributed by atoms with E-state index in [9.17, 15) is 4.79 Å². The number of ketones is 1. The van der Waals surface area contributed by atoms with E-state index >= 15 is 0 Å². The summed E-state index contributed by atoms with van der Waals surface area (Å²) in [6, 6.07) is 19.6. The Bertz CT molecular complexity index is 1300. The molecule has 1 aliphatic heterocycles. The Labute approximate surface area is 203 Å². The van der Waals surface area contributed by atoms with Crippen LogP contribution in [0.4, 0.5) is 23.3 Å². The fourth-order valence-corrected chi connectivity index (χ4v) is 4.86. The summed E-state index contributed by atoms with van der Waals surface area (Å²) in [5.74, 6) is 3.06. The molecule has 4 aromatic rings. The zero-order valence-electron chi connectivity index (χ0n) is 19.3. The summed E-state index contributed by atoms with van der Waals surface area (Å²) in [7, 11) is 0. The smallest absolute Gasteiger partial charge is 0.227 e. The van der Waals surface area contributed by atoms with Crippen LogP contribution < -0.4 is 15.1 Å². The van der Waals surface area contributed by atoms with Crippen molar-refractivity contribution < 1.29 is 9.21 Å². The molecule has 1 saturated heterocycles. The number of carbonyl (C=O) groups is 1. The van der Waals surface area contributed by atoms with Gasteiger partial charge in [0.1, 0.15) is 17.4 Å². The molecule has 1 N–H and O–H groups in total. The number of nitrogens with one attached hydrogen (secondary N) is 1. The van der Waals surface area contributed by atoms with Crippen LogP contribution in [0.3, 0.4) is 0 Å². The van der Waals surface area contributed by atoms with Crippen molar-refractivity contribution in [3.8, 4) is 0 Å². The average Bonchev–Trinajstić information content (AvgIpc) is 3.45. The number of nitrogens with zero attached hydrogens (tertiary/aromatic N) is 5. The molecule has 4 heterocycles. The Morgan fingerprint density at radius 2 is 1.66 bits per heavy atom. The topological polar surface area (TPSA) is 87.4 Å². The molecule has 1 aliphatic carbocycles. The van der Waals surface area contributed by atoms with E-state index in [1.54, 1.807) is 6.26 Å². The number of furan rings is 1. The summed E-state index contributed by atoms with van der Waals surface area (Å²) >= 11 is 0. The Morgan fingerprint density at radius 1 is 0.857 bits per heavy atom. The standard InChI is InChI=1S/C27H26N6O2/c34-22-18-19(23-9-6-16-35-23)17-21-25(22)26(29-20-7-2-1-3-8-20)31-27(30-21)33-14-12-32(13-15-33)24-10-4-5-11-28-24/h1-11,16,19H,12-15,17-18H2,(H,29,30,31). The molecule has 0 bridgehead atoms. The Hall–Kier alpha value is -4.20. The normalized spacial score (nSPS) is 17.8. The second kappa shape index (κ2) is 9.21. The quantitative estimate of drug-likeness (QED) is 0.462. The van der Waals surface area contributed by atoms with Crippen LogP contribution in [-0.4, -0.2) is 46.9 Å². The van der Waals surface area contributed by atoms with Gasteiger partial charge in [0.15, 0.2) is 5.78 Å². The number of aromatic nitrogens is 3. The number of piperazine rings is 1. The largest absolute Gasteiger partial charge is 0.469 e. The van der Waals surface area contributed by atoms with Gasteiger partial charge in [0.25, 0.3) is 0 Å². The molecule has 2 aliphatic rings. The highest BCUT2D eigenvalue weighted by atomic mass is 16.3. The number of anilines is 4. The van der Waals surface area contributed by atoms with Crippen molar-refractivity contribution in [2.24, 2.45) is 0 Å². The third-order valence-corrected chi connectivity index (χ3v) is 6.64. The van der Waals surface area contributed by atoms with Gasteiger partial charge in [0.05, 0.1) is 17.5 Å². The third kappa shape index (κ3) is 4.35. The van der Waals surface area contributed by atoms with Crippen LogP contribution >= 0.6 is 0 Å². The van der Waals surface area contributed by atoms with Crippen LogP contribution in [-0.2, 0) is 6.42 Å². The molecule has 0 radical (unpaired) electrons. The van der Waals surface area contributed by atoms with Crippen molar-refractivity contribution in [2.45, 2.75) is 18.8 Å². The monoisotopic (exact) mass is 466 g/mol. The zero-order valence-corrected chi connectivity index (χ0v) is 19.3. The van der Waals surface area contributed by atoms with Crippen molar-refractivity contribution in [3.05, 3.63) is 90.1 Å². The van der Waals surface area contributed by atoms with E-state index in [4.69, 9.17) is 14.4 Å². The highest BCUT2D eigenvalue weighted by Crippen LogP contribution is 2.36. The first-order chi connectivity index (χ1) is 17.2. The van der Waals surface area contributed by atoms with Gasteiger partial charge in [-0.15, -0.1) is 0 Å². The molecule has 6 rings (SSSR count). The fourth-order valence-electron chi connectivity index (χ4n) is 4.86. The molecule has 0 amide bonds. The van der Waals surface area contributed by atoms with Gasteiger partial charge in [-0.1, -0.05) is 24.3 Å². The second-order valence-electron chi connectivity index (χ2n) is 8.89. The first-order valence-corrected chi connectivity index (χ1v) is 11.9. The molecule has 1 atom stereocenters. The summed E-state index contributed by atoms with van der Waals surface area (Å²) in [4.78, 5) is 32.0. The molecule has 1 aromatic carbocycles. The molecule has 8 nitrogen and oxygen atoms in total. The maximum Gasteiger partial charge on any atom is 0.227 e. The Morgan fingerprint density at radius 3 is 2.40 bits per heavy atom. The van der Waals surface area contributed by atoms with Crippen LogP contribution in [0, 0.1) is 0 Å². The van der Waals surface area contributed by atoms with E-state index in [0.29, 0.717) is 30.2 Å². The van der Waals surface area contributed by atoms with Crippen molar-refractivity contribution in [1.29, 1.82) is 0 Å². The Kier molecular flexibility index (Phi) is 5.62. The van der Waals surface area contributed by atoms with E-state index in [0.717, 1.165) is 49.1 Å². The van der Waals surface area contributed by atoms with Gasteiger partial charge in [-0.05, 0) is 36.4 Å². The summed E-state index contributed by atoms with van der Waals surface area (Å²) in [6.07, 6.45) is 4.50. The predicted octanol–water partition coefficient (Wildman–Crippen LogP) is 4.45. The van der Waals surface area contributed by atoms with Crippen LogP contribution in [0.1, 0.15) is 34.2 Å². The number of rotatable bonds is 5. The maximum atomic E-state index is 13.3. The van der Waals surface area contributed by atoms with Gasteiger partial charge < -0.3 is 19.5 Å². The lowest BCUT2D eigenvalue weighted by molar-refractivity contribution is 0.0959. The molecule has 176 valence electrons. The predicted molar refractivity (Wildman–Crippen MR) is 135 cm³/mol. The van der Waals surface area contributed by atoms with Gasteiger partial charge >= 0.3 is 0 Å². The van der Waals surface area contributed by atoms with Gasteiger partial charge in [-0.2, -0.15) is 4.98 Å². The molecular weight excluding hydrogens is 440 g/mol. The number of pyridine rings is 1.